The second-order valence-corrected chi connectivity index (χ2v) is 9.02. The molecule has 5 nitrogen and oxygen atoms in total. The molecule has 1 atom stereocenters. The van der Waals surface area contributed by atoms with Gasteiger partial charge in [0.15, 0.2) is 0 Å². The predicted octanol–water partition coefficient (Wildman–Crippen LogP) is 7.46. The van der Waals surface area contributed by atoms with Crippen LogP contribution in [0.3, 0.4) is 0 Å². The number of ether oxygens (including phenoxy) is 3. The van der Waals surface area contributed by atoms with Crippen LogP contribution >= 0.6 is 0 Å². The number of nitrogens with zero attached hydrogens (tertiary/aromatic N) is 2. The van der Waals surface area contributed by atoms with Gasteiger partial charge >= 0.3 is 12.4 Å². The van der Waals surface area contributed by atoms with Crippen LogP contribution in [-0.4, -0.2) is 31.0 Å². The Morgan fingerprint density at radius 2 is 1.60 bits per heavy atom. The summed E-state index contributed by atoms with van der Waals surface area (Å²) in [5, 5.41) is 0. The Hall–Kier alpha value is -3.83. The Bertz CT molecular complexity index is 1320. The molecule has 4 rings (SSSR count). The van der Waals surface area contributed by atoms with Crippen LogP contribution in [0.1, 0.15) is 29.3 Å². The van der Waals surface area contributed by atoms with Gasteiger partial charge in [0.2, 0.25) is 0 Å². The normalized spacial score (nSPS) is 14.9. The summed E-state index contributed by atoms with van der Waals surface area (Å²) in [5.41, 5.74) is -0.614. The molecule has 0 N–H and O–H groups in total. The van der Waals surface area contributed by atoms with E-state index in [2.05, 4.69) is 4.98 Å². The van der Waals surface area contributed by atoms with E-state index in [-0.39, 0.29) is 36.8 Å². The molecule has 0 aliphatic carbocycles. The van der Waals surface area contributed by atoms with Crippen LogP contribution in [0, 0.1) is 0 Å². The predicted molar refractivity (Wildman–Crippen MR) is 137 cm³/mol. The van der Waals surface area contributed by atoms with Gasteiger partial charge in [0, 0.05) is 11.8 Å². The molecule has 1 aliphatic heterocycles. The summed E-state index contributed by atoms with van der Waals surface area (Å²) in [5.74, 6) is 0.302. The summed E-state index contributed by atoms with van der Waals surface area (Å²) in [6.45, 7) is 2.29. The number of pyridine rings is 1. The van der Waals surface area contributed by atoms with Crippen molar-refractivity contribution in [3.8, 4) is 0 Å². The number of alkyl halides is 6. The molecule has 0 spiro atoms. The van der Waals surface area contributed by atoms with E-state index < -0.39 is 29.7 Å². The molecule has 1 unspecified atom stereocenters. The molecule has 0 bridgehead atoms. The van der Waals surface area contributed by atoms with Crippen molar-refractivity contribution in [3.05, 3.63) is 113 Å². The van der Waals surface area contributed by atoms with Crippen molar-refractivity contribution < 1.29 is 40.6 Å². The van der Waals surface area contributed by atoms with E-state index in [1.807, 2.05) is 30.3 Å². The standard InChI is InChI=1S/C29H26F6N2O3/c1-20(17-38-19-39-18-21-7-3-2-4-8-21)40-24-13-22(25-9-5-6-10-26(25)28(30,31)32)15-37(16-24)23-11-12-27(36-14-23)29(33,34)35/h2-15,20H,16-19H2,1H3. The lowest BCUT2D eigenvalue weighted by Crippen LogP contribution is -2.27. The third-order valence-corrected chi connectivity index (χ3v) is 5.83. The Kier molecular flexibility index (Phi) is 9.16. The maximum absolute atomic E-state index is 13.8. The zero-order chi connectivity index (χ0) is 28.8. The van der Waals surface area contributed by atoms with Crippen molar-refractivity contribution in [2.45, 2.75) is 32.0 Å². The average Bonchev–Trinajstić information content (AvgIpc) is 2.92. The fraction of sp³-hybridized carbons (Fsp3) is 0.276. The van der Waals surface area contributed by atoms with Crippen LogP contribution in [0.5, 0.6) is 0 Å². The van der Waals surface area contributed by atoms with Gasteiger partial charge in [0.05, 0.1) is 37.2 Å². The lowest BCUT2D eigenvalue weighted by molar-refractivity contribution is -0.141. The maximum atomic E-state index is 13.8. The molecule has 0 radical (unpaired) electrons. The van der Waals surface area contributed by atoms with E-state index in [0.29, 0.717) is 12.4 Å². The summed E-state index contributed by atoms with van der Waals surface area (Å²) in [7, 11) is 0. The van der Waals surface area contributed by atoms with Gasteiger partial charge in [-0.3, -0.25) is 0 Å². The van der Waals surface area contributed by atoms with Gasteiger partial charge in [-0.05, 0) is 42.3 Å². The third-order valence-electron chi connectivity index (χ3n) is 5.83. The molecule has 2 aromatic carbocycles. The minimum absolute atomic E-state index is 0.00903. The lowest BCUT2D eigenvalue weighted by atomic mass is 9.97. The highest BCUT2D eigenvalue weighted by molar-refractivity contribution is 5.80. The first kappa shape index (κ1) is 29.2. The highest BCUT2D eigenvalue weighted by Crippen LogP contribution is 2.37. The van der Waals surface area contributed by atoms with E-state index in [1.165, 1.54) is 41.4 Å². The Morgan fingerprint density at radius 1 is 0.875 bits per heavy atom. The van der Waals surface area contributed by atoms with Gasteiger partial charge in [0.1, 0.15) is 24.4 Å². The molecule has 0 fully saturated rings. The van der Waals surface area contributed by atoms with Crippen molar-refractivity contribution in [2.24, 2.45) is 0 Å². The largest absolute Gasteiger partial charge is 0.491 e. The van der Waals surface area contributed by atoms with Gasteiger partial charge in [-0.1, -0.05) is 48.5 Å². The second kappa shape index (κ2) is 12.6. The maximum Gasteiger partial charge on any atom is 0.433 e. The molecule has 3 aromatic rings. The zero-order valence-corrected chi connectivity index (χ0v) is 21.4. The minimum Gasteiger partial charge on any atom is -0.491 e. The van der Waals surface area contributed by atoms with E-state index in [1.54, 1.807) is 6.92 Å². The molecule has 1 aromatic heterocycles. The highest BCUT2D eigenvalue weighted by Gasteiger charge is 2.35. The van der Waals surface area contributed by atoms with Crippen molar-refractivity contribution >= 4 is 11.3 Å². The van der Waals surface area contributed by atoms with Gasteiger partial charge in [-0.15, -0.1) is 0 Å². The van der Waals surface area contributed by atoms with Crippen LogP contribution in [0.4, 0.5) is 32.0 Å². The number of aromatic nitrogens is 1. The number of hydrogen-bond donors (Lipinski definition) is 0. The van der Waals surface area contributed by atoms with Crippen LogP contribution in [0.2, 0.25) is 0 Å². The van der Waals surface area contributed by atoms with E-state index in [9.17, 15) is 26.3 Å². The van der Waals surface area contributed by atoms with Crippen molar-refractivity contribution in [1.29, 1.82) is 0 Å². The molecule has 0 saturated heterocycles. The monoisotopic (exact) mass is 564 g/mol. The Labute approximate surface area is 227 Å². The number of hydrogen-bond acceptors (Lipinski definition) is 5. The molecular weight excluding hydrogens is 538 g/mol. The fourth-order valence-corrected chi connectivity index (χ4v) is 4.03. The van der Waals surface area contributed by atoms with Crippen LogP contribution in [0.25, 0.3) is 5.57 Å². The van der Waals surface area contributed by atoms with E-state index >= 15 is 0 Å². The molecule has 1 aliphatic rings. The summed E-state index contributed by atoms with van der Waals surface area (Å²) in [6.07, 6.45) is -5.81. The first-order valence-electron chi connectivity index (χ1n) is 12.3. The quantitative estimate of drug-likeness (QED) is 0.145. The van der Waals surface area contributed by atoms with Crippen LogP contribution < -0.4 is 4.90 Å². The van der Waals surface area contributed by atoms with Crippen LogP contribution in [0.15, 0.2) is 91.0 Å². The summed E-state index contributed by atoms with van der Waals surface area (Å²) in [4.78, 5) is 4.96. The molecule has 0 saturated carbocycles. The second-order valence-electron chi connectivity index (χ2n) is 9.02. The first-order valence-corrected chi connectivity index (χ1v) is 12.3. The van der Waals surface area contributed by atoms with Crippen molar-refractivity contribution in [1.82, 2.24) is 4.98 Å². The molecule has 212 valence electrons. The van der Waals surface area contributed by atoms with E-state index in [4.69, 9.17) is 14.2 Å². The highest BCUT2D eigenvalue weighted by atomic mass is 19.4. The Morgan fingerprint density at radius 3 is 2.27 bits per heavy atom. The fourth-order valence-electron chi connectivity index (χ4n) is 4.03. The van der Waals surface area contributed by atoms with Crippen molar-refractivity contribution in [3.63, 3.8) is 0 Å². The molecule has 40 heavy (non-hydrogen) atoms. The third kappa shape index (κ3) is 7.86. The summed E-state index contributed by atoms with van der Waals surface area (Å²) < 4.78 is 97.3. The average molecular weight is 565 g/mol. The number of rotatable bonds is 10. The number of halogens is 6. The van der Waals surface area contributed by atoms with Crippen molar-refractivity contribution in [2.75, 3.05) is 24.8 Å². The minimum atomic E-state index is -4.62. The molecular formula is C29H26F6N2O3. The zero-order valence-electron chi connectivity index (χ0n) is 21.4. The van der Waals surface area contributed by atoms with Gasteiger partial charge in [-0.25, -0.2) is 4.98 Å². The van der Waals surface area contributed by atoms with Gasteiger partial charge < -0.3 is 19.1 Å². The molecule has 2 heterocycles. The Balaban J connectivity index is 1.49. The number of anilines is 1. The van der Waals surface area contributed by atoms with Gasteiger partial charge in [-0.2, -0.15) is 26.3 Å². The molecule has 0 amide bonds. The summed E-state index contributed by atoms with van der Waals surface area (Å²) in [6, 6.07) is 16.6. The number of benzene rings is 2. The molecule has 11 heteroatoms. The van der Waals surface area contributed by atoms with E-state index in [0.717, 1.165) is 23.9 Å². The van der Waals surface area contributed by atoms with Gasteiger partial charge in [0.25, 0.3) is 0 Å². The van der Waals surface area contributed by atoms with Crippen LogP contribution in [-0.2, 0) is 33.2 Å². The lowest BCUT2D eigenvalue weighted by Gasteiger charge is -2.29. The smallest absolute Gasteiger partial charge is 0.433 e. The topological polar surface area (TPSA) is 43.8 Å². The SMILES string of the molecule is CC(COCOCc1ccccc1)OC1=CC(c2ccccc2C(F)(F)F)=CN(c2ccc(C(F)(F)F)nc2)C1. The number of allylic oxidation sites excluding steroid dienone is 2. The first-order chi connectivity index (χ1) is 19.0. The summed E-state index contributed by atoms with van der Waals surface area (Å²) >= 11 is 0.